The van der Waals surface area contributed by atoms with Crippen LogP contribution in [0.2, 0.25) is 0 Å². The quantitative estimate of drug-likeness (QED) is 0.605. The number of hydrogen-bond donors (Lipinski definition) is 1. The van der Waals surface area contributed by atoms with Gasteiger partial charge in [-0.15, -0.1) is 0 Å². The van der Waals surface area contributed by atoms with E-state index >= 15 is 0 Å². The molecule has 0 bridgehead atoms. The van der Waals surface area contributed by atoms with E-state index < -0.39 is 5.97 Å². The number of fused-ring (bicyclic) bond motifs is 1. The number of benzene rings is 1. The number of ether oxygens (including phenoxy) is 1. The highest BCUT2D eigenvalue weighted by atomic mass is 16.5. The Bertz CT molecular complexity index is 1100. The smallest absolute Gasteiger partial charge is 0.339 e. The van der Waals surface area contributed by atoms with E-state index in [0.717, 1.165) is 16.8 Å². The summed E-state index contributed by atoms with van der Waals surface area (Å²) in [5, 5.41) is 7.79. The Labute approximate surface area is 176 Å². The summed E-state index contributed by atoms with van der Waals surface area (Å²) in [7, 11) is 0. The molecule has 1 N–H and O–H groups in total. The first-order valence-electron chi connectivity index (χ1n) is 10.1. The summed E-state index contributed by atoms with van der Waals surface area (Å²) in [6, 6.07) is 7.50. The number of pyridine rings is 1. The summed E-state index contributed by atoms with van der Waals surface area (Å²) in [5.41, 5.74) is 4.56. The minimum absolute atomic E-state index is 0.102. The van der Waals surface area contributed by atoms with E-state index in [2.05, 4.69) is 15.4 Å². The van der Waals surface area contributed by atoms with E-state index in [1.807, 2.05) is 59.7 Å². The molecule has 1 amide bonds. The molecular formula is C23H28N4O3. The van der Waals surface area contributed by atoms with E-state index in [1.54, 1.807) is 16.9 Å². The van der Waals surface area contributed by atoms with Crippen LogP contribution in [-0.4, -0.2) is 33.2 Å². The van der Waals surface area contributed by atoms with Gasteiger partial charge in [0.05, 0.1) is 17.1 Å². The molecule has 0 aliphatic rings. The number of nitrogens with zero attached hydrogens (tertiary/aromatic N) is 3. The molecule has 3 aromatic rings. The lowest BCUT2D eigenvalue weighted by atomic mass is 10.1. The Morgan fingerprint density at radius 1 is 1.17 bits per heavy atom. The second kappa shape index (κ2) is 8.65. The minimum Gasteiger partial charge on any atom is -0.452 e. The maximum atomic E-state index is 12.8. The second-order valence-electron chi connectivity index (χ2n) is 8.04. The lowest BCUT2D eigenvalue weighted by Gasteiger charge is -2.13. The third-order valence-electron chi connectivity index (χ3n) is 5.10. The van der Waals surface area contributed by atoms with Crippen LogP contribution in [0.1, 0.15) is 66.8 Å². The molecule has 0 aliphatic heterocycles. The van der Waals surface area contributed by atoms with Gasteiger partial charge in [-0.1, -0.05) is 26.0 Å². The Kier molecular flexibility index (Phi) is 6.20. The largest absolute Gasteiger partial charge is 0.452 e. The summed E-state index contributed by atoms with van der Waals surface area (Å²) < 4.78 is 7.11. The summed E-state index contributed by atoms with van der Waals surface area (Å²) >= 11 is 0. The van der Waals surface area contributed by atoms with Crippen molar-refractivity contribution in [1.82, 2.24) is 14.8 Å². The van der Waals surface area contributed by atoms with Gasteiger partial charge in [0, 0.05) is 17.4 Å². The number of carbonyl (C=O) groups excluding carboxylic acids is 2. The average molecular weight is 409 g/mol. The first-order valence-corrected chi connectivity index (χ1v) is 10.1. The van der Waals surface area contributed by atoms with Crippen molar-refractivity contribution < 1.29 is 14.3 Å². The third kappa shape index (κ3) is 4.35. The van der Waals surface area contributed by atoms with Crippen molar-refractivity contribution in [3.8, 4) is 0 Å². The number of rotatable bonds is 6. The van der Waals surface area contributed by atoms with Crippen LogP contribution >= 0.6 is 0 Å². The second-order valence-corrected chi connectivity index (χ2v) is 8.04. The van der Waals surface area contributed by atoms with E-state index in [9.17, 15) is 9.59 Å². The van der Waals surface area contributed by atoms with Crippen molar-refractivity contribution >= 4 is 28.6 Å². The van der Waals surface area contributed by atoms with Crippen molar-refractivity contribution in [2.75, 3.05) is 11.9 Å². The zero-order valence-corrected chi connectivity index (χ0v) is 18.3. The number of aromatic nitrogens is 3. The van der Waals surface area contributed by atoms with Gasteiger partial charge in [-0.2, -0.15) is 5.10 Å². The van der Waals surface area contributed by atoms with Crippen LogP contribution in [0.25, 0.3) is 11.0 Å². The lowest BCUT2D eigenvalue weighted by Crippen LogP contribution is -2.21. The number of amides is 1. The van der Waals surface area contributed by atoms with Crippen LogP contribution in [0.4, 0.5) is 5.69 Å². The Morgan fingerprint density at radius 2 is 1.90 bits per heavy atom. The van der Waals surface area contributed by atoms with Crippen LogP contribution in [0.15, 0.2) is 30.5 Å². The summed E-state index contributed by atoms with van der Waals surface area (Å²) in [4.78, 5) is 29.8. The predicted molar refractivity (Wildman–Crippen MR) is 117 cm³/mol. The molecule has 0 spiro atoms. The molecule has 0 fully saturated rings. The van der Waals surface area contributed by atoms with Gasteiger partial charge in [-0.25, -0.2) is 14.5 Å². The molecule has 0 radical (unpaired) electrons. The number of carbonyl (C=O) groups is 2. The fourth-order valence-corrected chi connectivity index (χ4v) is 3.16. The lowest BCUT2D eigenvalue weighted by molar-refractivity contribution is -0.119. The Balaban J connectivity index is 1.81. The number of hydrogen-bond acceptors (Lipinski definition) is 5. The molecule has 30 heavy (non-hydrogen) atoms. The summed E-state index contributed by atoms with van der Waals surface area (Å²) in [6.45, 7) is 11.6. The molecule has 2 aromatic heterocycles. The summed E-state index contributed by atoms with van der Waals surface area (Å²) in [5.74, 6) is -0.822. The van der Waals surface area contributed by atoms with Gasteiger partial charge in [0.25, 0.3) is 5.91 Å². The molecule has 0 atom stereocenters. The fourth-order valence-electron chi connectivity index (χ4n) is 3.16. The number of nitrogens with one attached hydrogen (secondary N) is 1. The van der Waals surface area contributed by atoms with Gasteiger partial charge in [-0.3, -0.25) is 4.79 Å². The van der Waals surface area contributed by atoms with Crippen LogP contribution in [0, 0.1) is 13.8 Å². The summed E-state index contributed by atoms with van der Waals surface area (Å²) in [6.07, 6.45) is 1.62. The molecule has 0 aliphatic carbocycles. The maximum absolute atomic E-state index is 12.8. The zero-order valence-electron chi connectivity index (χ0n) is 18.3. The van der Waals surface area contributed by atoms with Gasteiger partial charge < -0.3 is 10.1 Å². The predicted octanol–water partition coefficient (Wildman–Crippen LogP) is 4.55. The van der Waals surface area contributed by atoms with E-state index in [0.29, 0.717) is 22.3 Å². The molecule has 3 rings (SSSR count). The number of aryl methyl sites for hydroxylation is 1. The molecule has 0 saturated carbocycles. The van der Waals surface area contributed by atoms with Crippen molar-refractivity contribution in [1.29, 1.82) is 0 Å². The zero-order chi connectivity index (χ0) is 22.0. The van der Waals surface area contributed by atoms with Gasteiger partial charge in [0.15, 0.2) is 12.3 Å². The van der Waals surface area contributed by atoms with Crippen LogP contribution in [-0.2, 0) is 9.53 Å². The van der Waals surface area contributed by atoms with Crippen molar-refractivity contribution in [3.05, 3.63) is 52.8 Å². The molecule has 7 nitrogen and oxygen atoms in total. The molecule has 158 valence electrons. The average Bonchev–Trinajstić information content (AvgIpc) is 3.13. The Hall–Kier alpha value is -3.22. The molecule has 2 heterocycles. The topological polar surface area (TPSA) is 86.1 Å². The van der Waals surface area contributed by atoms with Crippen molar-refractivity contribution in [3.63, 3.8) is 0 Å². The highest BCUT2D eigenvalue weighted by molar-refractivity contribution is 6.04. The minimum atomic E-state index is -0.566. The van der Waals surface area contributed by atoms with Crippen LogP contribution < -0.4 is 5.32 Å². The molecular weight excluding hydrogens is 380 g/mol. The normalized spacial score (nSPS) is 11.3. The van der Waals surface area contributed by atoms with Crippen molar-refractivity contribution in [2.24, 2.45) is 0 Å². The maximum Gasteiger partial charge on any atom is 0.339 e. The highest BCUT2D eigenvalue weighted by Gasteiger charge is 2.20. The number of esters is 1. The van der Waals surface area contributed by atoms with Gasteiger partial charge >= 0.3 is 5.97 Å². The van der Waals surface area contributed by atoms with E-state index in [-0.39, 0.29) is 24.5 Å². The fraction of sp³-hybridized carbons (Fsp3) is 0.391. The van der Waals surface area contributed by atoms with E-state index in [1.165, 1.54) is 0 Å². The first kappa shape index (κ1) is 21.5. The standard InChI is InChI=1S/C23H28N4O3/c1-13(2)20-10-17(18-11-24-27(14(3)4)22(18)26-20)23(29)30-12-21(28)25-19-9-7-8-15(5)16(19)6/h7-11,13-14H,12H2,1-6H3,(H,25,28). The van der Waals surface area contributed by atoms with E-state index in [4.69, 9.17) is 4.74 Å². The van der Waals surface area contributed by atoms with Crippen molar-refractivity contribution in [2.45, 2.75) is 53.5 Å². The van der Waals surface area contributed by atoms with Gasteiger partial charge in [0.1, 0.15) is 0 Å². The van der Waals surface area contributed by atoms with Gasteiger partial charge in [0.2, 0.25) is 0 Å². The molecule has 0 saturated heterocycles. The third-order valence-corrected chi connectivity index (χ3v) is 5.10. The molecule has 7 heteroatoms. The van der Waals surface area contributed by atoms with Crippen LogP contribution in [0.5, 0.6) is 0 Å². The monoisotopic (exact) mass is 408 g/mol. The highest BCUT2D eigenvalue weighted by Crippen LogP contribution is 2.25. The number of anilines is 1. The van der Waals surface area contributed by atoms with Crippen LogP contribution in [0.3, 0.4) is 0 Å². The SMILES string of the molecule is Cc1cccc(NC(=O)COC(=O)c2cc(C(C)C)nc3c2cnn3C(C)C)c1C. The Morgan fingerprint density at radius 3 is 2.57 bits per heavy atom. The first-order chi connectivity index (χ1) is 14.2. The molecule has 0 unspecified atom stereocenters. The van der Waals surface area contributed by atoms with Gasteiger partial charge in [-0.05, 0) is 56.9 Å². The molecule has 1 aromatic carbocycles.